The van der Waals surface area contributed by atoms with Crippen LogP contribution in [-0.2, 0) is 11.3 Å². The molecule has 0 saturated heterocycles. The first-order valence-corrected chi connectivity index (χ1v) is 5.42. The van der Waals surface area contributed by atoms with Crippen molar-refractivity contribution in [3.63, 3.8) is 0 Å². The van der Waals surface area contributed by atoms with E-state index in [1.54, 1.807) is 18.0 Å². The van der Waals surface area contributed by atoms with Gasteiger partial charge >= 0.3 is 0 Å². The minimum absolute atomic E-state index is 0.482. The molecule has 0 saturated carbocycles. The van der Waals surface area contributed by atoms with Gasteiger partial charge in [0, 0.05) is 7.11 Å². The van der Waals surface area contributed by atoms with Gasteiger partial charge in [-0.3, -0.25) is 9.78 Å². The van der Waals surface area contributed by atoms with Gasteiger partial charge in [0.2, 0.25) is 0 Å². The van der Waals surface area contributed by atoms with E-state index >= 15 is 0 Å². The number of nitrogens with one attached hydrogen (secondary N) is 1. The summed E-state index contributed by atoms with van der Waals surface area (Å²) < 4.78 is 6.71. The maximum absolute atomic E-state index is 6.07. The Hall–Kier alpha value is -1.44. The summed E-state index contributed by atoms with van der Waals surface area (Å²) in [5.74, 6) is 0.547. The Balaban J connectivity index is 2.27. The summed E-state index contributed by atoms with van der Waals surface area (Å²) in [5.41, 5.74) is 6.75. The lowest BCUT2D eigenvalue weighted by Gasteiger charge is -2.12. The second kappa shape index (κ2) is 5.26. The molecule has 0 radical (unpaired) electrons. The molecule has 2 heterocycles. The SMILES string of the molecule is COCCn1ncc(Cl)c1C(N)c1ncn[nH]1. The molecule has 8 heteroatoms. The summed E-state index contributed by atoms with van der Waals surface area (Å²) in [6.07, 6.45) is 2.96. The van der Waals surface area contributed by atoms with Crippen LogP contribution < -0.4 is 5.73 Å². The minimum Gasteiger partial charge on any atom is -0.383 e. The summed E-state index contributed by atoms with van der Waals surface area (Å²) in [4.78, 5) is 4.01. The molecule has 3 N–H and O–H groups in total. The normalized spacial score (nSPS) is 12.9. The molecule has 1 unspecified atom stereocenters. The van der Waals surface area contributed by atoms with E-state index in [0.717, 1.165) is 0 Å². The zero-order chi connectivity index (χ0) is 12.3. The number of ether oxygens (including phenoxy) is 1. The molecule has 0 spiro atoms. The van der Waals surface area contributed by atoms with Crippen LogP contribution in [0.4, 0.5) is 0 Å². The number of H-pyrrole nitrogens is 1. The Bertz CT molecular complexity index is 468. The fraction of sp³-hybridized carbons (Fsp3) is 0.444. The Morgan fingerprint density at radius 2 is 2.47 bits per heavy atom. The first kappa shape index (κ1) is 12.0. The lowest BCUT2D eigenvalue weighted by atomic mass is 10.2. The van der Waals surface area contributed by atoms with E-state index in [9.17, 15) is 0 Å². The maximum atomic E-state index is 6.07. The zero-order valence-electron chi connectivity index (χ0n) is 9.30. The van der Waals surface area contributed by atoms with Crippen molar-refractivity contribution in [2.45, 2.75) is 12.6 Å². The van der Waals surface area contributed by atoms with Gasteiger partial charge in [0.25, 0.3) is 0 Å². The molecule has 2 aromatic rings. The van der Waals surface area contributed by atoms with E-state index in [0.29, 0.717) is 29.7 Å². The van der Waals surface area contributed by atoms with Gasteiger partial charge in [-0.25, -0.2) is 4.98 Å². The third-order valence-corrected chi connectivity index (χ3v) is 2.65. The highest BCUT2D eigenvalue weighted by Gasteiger charge is 2.20. The molecule has 17 heavy (non-hydrogen) atoms. The van der Waals surface area contributed by atoms with Gasteiger partial charge in [-0.1, -0.05) is 11.6 Å². The van der Waals surface area contributed by atoms with Crippen molar-refractivity contribution in [2.24, 2.45) is 5.73 Å². The molecule has 92 valence electrons. The summed E-state index contributed by atoms with van der Waals surface area (Å²) in [7, 11) is 1.63. The number of aromatic amines is 1. The monoisotopic (exact) mass is 256 g/mol. The van der Waals surface area contributed by atoms with Crippen molar-refractivity contribution in [3.05, 3.63) is 29.1 Å². The van der Waals surface area contributed by atoms with Gasteiger partial charge in [0.1, 0.15) is 18.2 Å². The fourth-order valence-corrected chi connectivity index (χ4v) is 1.79. The molecule has 0 aliphatic heterocycles. The van der Waals surface area contributed by atoms with Gasteiger partial charge in [-0.15, -0.1) is 0 Å². The Labute approximate surface area is 103 Å². The summed E-state index contributed by atoms with van der Waals surface area (Å²) >= 11 is 6.07. The van der Waals surface area contributed by atoms with Crippen LogP contribution in [0.3, 0.4) is 0 Å². The van der Waals surface area contributed by atoms with E-state index in [1.807, 2.05) is 0 Å². The van der Waals surface area contributed by atoms with Crippen LogP contribution in [-0.4, -0.2) is 38.7 Å². The first-order valence-electron chi connectivity index (χ1n) is 5.05. The van der Waals surface area contributed by atoms with Gasteiger partial charge in [-0.2, -0.15) is 10.2 Å². The number of methoxy groups -OCH3 is 1. The molecule has 0 aliphatic rings. The topological polar surface area (TPSA) is 94.6 Å². The van der Waals surface area contributed by atoms with Crippen LogP contribution in [0.15, 0.2) is 12.5 Å². The van der Waals surface area contributed by atoms with E-state index < -0.39 is 6.04 Å². The van der Waals surface area contributed by atoms with Crippen molar-refractivity contribution in [1.29, 1.82) is 0 Å². The predicted octanol–water partition coefficient (Wildman–Crippen LogP) is 0.349. The molecule has 0 fully saturated rings. The predicted molar refractivity (Wildman–Crippen MR) is 61.5 cm³/mol. The number of hydrogen-bond acceptors (Lipinski definition) is 5. The van der Waals surface area contributed by atoms with Crippen molar-refractivity contribution in [3.8, 4) is 0 Å². The molecular formula is C9H13ClN6O. The molecular weight excluding hydrogens is 244 g/mol. The van der Waals surface area contributed by atoms with Gasteiger partial charge in [-0.05, 0) is 0 Å². The van der Waals surface area contributed by atoms with Crippen LogP contribution in [0.5, 0.6) is 0 Å². The third kappa shape index (κ3) is 2.46. The Morgan fingerprint density at radius 3 is 3.12 bits per heavy atom. The summed E-state index contributed by atoms with van der Waals surface area (Å²) in [6, 6.07) is -0.482. The number of nitrogens with two attached hydrogens (primary N) is 1. The molecule has 0 aliphatic carbocycles. The van der Waals surface area contributed by atoms with E-state index in [-0.39, 0.29) is 0 Å². The first-order chi connectivity index (χ1) is 8.24. The van der Waals surface area contributed by atoms with Crippen LogP contribution in [0.25, 0.3) is 0 Å². The van der Waals surface area contributed by atoms with Crippen molar-refractivity contribution in [1.82, 2.24) is 25.0 Å². The van der Waals surface area contributed by atoms with E-state index in [4.69, 9.17) is 22.1 Å². The van der Waals surface area contributed by atoms with Gasteiger partial charge in [0.05, 0.1) is 30.1 Å². The maximum Gasteiger partial charge on any atom is 0.147 e. The zero-order valence-corrected chi connectivity index (χ0v) is 10.1. The van der Waals surface area contributed by atoms with E-state index in [1.165, 1.54) is 6.33 Å². The van der Waals surface area contributed by atoms with Crippen molar-refractivity contribution in [2.75, 3.05) is 13.7 Å². The van der Waals surface area contributed by atoms with Crippen LogP contribution in [0.2, 0.25) is 5.02 Å². The Kier molecular flexibility index (Phi) is 3.72. The van der Waals surface area contributed by atoms with Crippen LogP contribution in [0, 0.1) is 0 Å². The number of nitrogens with zero attached hydrogens (tertiary/aromatic N) is 4. The second-order valence-electron chi connectivity index (χ2n) is 3.44. The third-order valence-electron chi connectivity index (χ3n) is 2.36. The molecule has 7 nitrogen and oxygen atoms in total. The molecule has 2 rings (SSSR count). The highest BCUT2D eigenvalue weighted by molar-refractivity contribution is 6.31. The fourth-order valence-electron chi connectivity index (χ4n) is 1.53. The van der Waals surface area contributed by atoms with Gasteiger partial charge < -0.3 is 10.5 Å². The Morgan fingerprint density at radius 1 is 1.65 bits per heavy atom. The molecule has 0 aromatic carbocycles. The molecule has 0 bridgehead atoms. The number of hydrogen-bond donors (Lipinski definition) is 2. The largest absolute Gasteiger partial charge is 0.383 e. The van der Waals surface area contributed by atoms with Gasteiger partial charge in [0.15, 0.2) is 0 Å². The quantitative estimate of drug-likeness (QED) is 0.805. The van der Waals surface area contributed by atoms with Crippen LogP contribution in [0.1, 0.15) is 17.6 Å². The standard InChI is InChI=1S/C9H13ClN6O/c1-17-3-2-16-8(6(10)4-14-16)7(11)9-12-5-13-15-9/h4-5,7H,2-3,11H2,1H3,(H,12,13,15). The highest BCUT2D eigenvalue weighted by Crippen LogP contribution is 2.24. The van der Waals surface area contributed by atoms with Crippen molar-refractivity contribution < 1.29 is 4.74 Å². The number of halogens is 1. The molecule has 1 atom stereocenters. The number of aromatic nitrogens is 5. The number of rotatable bonds is 5. The average Bonchev–Trinajstić information content (AvgIpc) is 2.95. The minimum atomic E-state index is -0.482. The second-order valence-corrected chi connectivity index (χ2v) is 3.85. The molecule has 0 amide bonds. The summed E-state index contributed by atoms with van der Waals surface area (Å²) in [6.45, 7) is 1.12. The van der Waals surface area contributed by atoms with Crippen LogP contribution >= 0.6 is 11.6 Å². The smallest absolute Gasteiger partial charge is 0.147 e. The summed E-state index contributed by atoms with van der Waals surface area (Å²) in [5, 5.41) is 11.1. The average molecular weight is 257 g/mol. The lowest BCUT2D eigenvalue weighted by Crippen LogP contribution is -2.20. The van der Waals surface area contributed by atoms with E-state index in [2.05, 4.69) is 20.3 Å². The highest BCUT2D eigenvalue weighted by atomic mass is 35.5. The molecule has 2 aromatic heterocycles. The van der Waals surface area contributed by atoms with Crippen molar-refractivity contribution >= 4 is 11.6 Å². The lowest BCUT2D eigenvalue weighted by molar-refractivity contribution is 0.182.